The average molecular weight is 446 g/mol. The molecule has 0 aromatic heterocycles. The van der Waals surface area contributed by atoms with Crippen molar-refractivity contribution in [2.75, 3.05) is 55.2 Å². The van der Waals surface area contributed by atoms with Crippen molar-refractivity contribution in [2.45, 2.75) is 32.6 Å². The maximum Gasteiger partial charge on any atom is 0.232 e. The van der Waals surface area contributed by atoms with Crippen molar-refractivity contribution in [2.24, 2.45) is 0 Å². The van der Waals surface area contributed by atoms with Crippen molar-refractivity contribution in [3.63, 3.8) is 0 Å². The number of aryl methyl sites for hydroxylation is 1. The molecule has 6 nitrogen and oxygen atoms in total. The zero-order chi connectivity index (χ0) is 22.1. The molecular weight excluding hydrogens is 410 g/mol. The van der Waals surface area contributed by atoms with Crippen molar-refractivity contribution in [1.29, 1.82) is 0 Å². The number of hydrogen-bond acceptors (Lipinski definition) is 5. The number of hydrogen-bond donors (Lipinski definition) is 1. The van der Waals surface area contributed by atoms with Crippen LogP contribution in [0.1, 0.15) is 31.7 Å². The molecule has 2 aromatic carbocycles. The topological polar surface area (TPSA) is 61.9 Å². The second kappa shape index (κ2) is 11.4. The van der Waals surface area contributed by atoms with Crippen LogP contribution in [0.4, 0.5) is 11.4 Å². The summed E-state index contributed by atoms with van der Waals surface area (Å²) in [7, 11) is -1.77. The van der Waals surface area contributed by atoms with Gasteiger partial charge in [0.15, 0.2) is 0 Å². The third kappa shape index (κ3) is 7.14. The van der Waals surface area contributed by atoms with E-state index < -0.39 is 10.0 Å². The maximum absolute atomic E-state index is 11.9. The lowest BCUT2D eigenvalue weighted by Crippen LogP contribution is -2.46. The second-order valence-electron chi connectivity index (χ2n) is 8.02. The SMILES string of the molecule is CCS(=O)(=O)Nc1cc(CCCCCN2CCN(c3ccccc3)CC2)ccc1OC. The Kier molecular flexibility index (Phi) is 8.60. The molecule has 0 bridgehead atoms. The monoisotopic (exact) mass is 445 g/mol. The van der Waals surface area contributed by atoms with Gasteiger partial charge in [0, 0.05) is 31.9 Å². The highest BCUT2D eigenvalue weighted by molar-refractivity contribution is 7.92. The Morgan fingerprint density at radius 2 is 1.71 bits per heavy atom. The summed E-state index contributed by atoms with van der Waals surface area (Å²) in [5.74, 6) is 0.593. The molecule has 7 heteroatoms. The third-order valence-electron chi connectivity index (χ3n) is 5.84. The van der Waals surface area contributed by atoms with E-state index in [1.54, 1.807) is 14.0 Å². The minimum Gasteiger partial charge on any atom is -0.495 e. The summed E-state index contributed by atoms with van der Waals surface area (Å²) in [6.45, 7) is 7.19. The average Bonchev–Trinajstić information content (AvgIpc) is 2.80. The number of anilines is 2. The van der Waals surface area contributed by atoms with Crippen LogP contribution in [-0.2, 0) is 16.4 Å². The van der Waals surface area contributed by atoms with Crippen molar-refractivity contribution < 1.29 is 13.2 Å². The lowest BCUT2D eigenvalue weighted by atomic mass is 10.1. The summed E-state index contributed by atoms with van der Waals surface area (Å²) in [5, 5.41) is 0. The van der Waals surface area contributed by atoms with Gasteiger partial charge in [0.2, 0.25) is 10.0 Å². The van der Waals surface area contributed by atoms with E-state index in [4.69, 9.17) is 4.74 Å². The van der Waals surface area contributed by atoms with E-state index in [0.717, 1.165) is 51.1 Å². The van der Waals surface area contributed by atoms with Crippen molar-refractivity contribution >= 4 is 21.4 Å². The second-order valence-corrected chi connectivity index (χ2v) is 10.0. The van der Waals surface area contributed by atoms with Gasteiger partial charge < -0.3 is 9.64 Å². The molecule has 1 aliphatic rings. The highest BCUT2D eigenvalue weighted by Crippen LogP contribution is 2.27. The fraction of sp³-hybridized carbons (Fsp3) is 0.500. The molecule has 0 unspecified atom stereocenters. The van der Waals surface area contributed by atoms with Crippen molar-refractivity contribution in [3.05, 3.63) is 54.1 Å². The molecule has 1 heterocycles. The molecule has 2 aromatic rings. The Bertz CT molecular complexity index is 911. The van der Waals surface area contributed by atoms with Crippen LogP contribution in [0.5, 0.6) is 5.75 Å². The van der Waals surface area contributed by atoms with Crippen LogP contribution in [0.3, 0.4) is 0 Å². The van der Waals surface area contributed by atoms with Crippen molar-refractivity contribution in [3.8, 4) is 5.75 Å². The van der Waals surface area contributed by atoms with E-state index >= 15 is 0 Å². The summed E-state index contributed by atoms with van der Waals surface area (Å²) >= 11 is 0. The number of nitrogens with one attached hydrogen (secondary N) is 1. The number of benzene rings is 2. The predicted molar refractivity (Wildman–Crippen MR) is 129 cm³/mol. The van der Waals surface area contributed by atoms with E-state index in [0.29, 0.717) is 11.4 Å². The number of para-hydroxylation sites is 1. The Hall–Kier alpha value is -2.25. The van der Waals surface area contributed by atoms with E-state index in [1.807, 2.05) is 18.2 Å². The Morgan fingerprint density at radius 3 is 2.39 bits per heavy atom. The third-order valence-corrected chi connectivity index (χ3v) is 7.13. The largest absolute Gasteiger partial charge is 0.495 e. The smallest absolute Gasteiger partial charge is 0.232 e. The van der Waals surface area contributed by atoms with Crippen LogP contribution < -0.4 is 14.4 Å². The molecule has 0 aliphatic carbocycles. The van der Waals surface area contributed by atoms with Gasteiger partial charge in [0.1, 0.15) is 5.75 Å². The molecule has 1 aliphatic heterocycles. The van der Waals surface area contributed by atoms with Crippen LogP contribution in [0.2, 0.25) is 0 Å². The van der Waals surface area contributed by atoms with Crippen LogP contribution in [-0.4, -0.2) is 58.9 Å². The number of piperazine rings is 1. The normalized spacial score (nSPS) is 15.1. The highest BCUT2D eigenvalue weighted by atomic mass is 32.2. The first-order valence-corrected chi connectivity index (χ1v) is 12.9. The van der Waals surface area contributed by atoms with Crippen molar-refractivity contribution in [1.82, 2.24) is 4.90 Å². The molecule has 1 fully saturated rings. The molecular formula is C24H35N3O3S. The van der Waals surface area contributed by atoms with Gasteiger partial charge in [-0.15, -0.1) is 0 Å². The molecule has 170 valence electrons. The van der Waals surface area contributed by atoms with E-state index in [-0.39, 0.29) is 5.75 Å². The molecule has 31 heavy (non-hydrogen) atoms. The van der Waals surface area contributed by atoms with Gasteiger partial charge >= 0.3 is 0 Å². The van der Waals surface area contributed by atoms with Gasteiger partial charge in [-0.3, -0.25) is 9.62 Å². The van der Waals surface area contributed by atoms with Gasteiger partial charge in [0.25, 0.3) is 0 Å². The molecule has 0 amide bonds. The summed E-state index contributed by atoms with van der Waals surface area (Å²) in [6.07, 6.45) is 4.39. The number of unbranched alkanes of at least 4 members (excludes halogenated alkanes) is 2. The summed E-state index contributed by atoms with van der Waals surface area (Å²) in [5.41, 5.74) is 2.98. The first kappa shape index (κ1) is 23.4. The number of sulfonamides is 1. The fourth-order valence-corrected chi connectivity index (χ4v) is 4.58. The molecule has 0 saturated carbocycles. The molecule has 1 N–H and O–H groups in total. The zero-order valence-electron chi connectivity index (χ0n) is 18.7. The highest BCUT2D eigenvalue weighted by Gasteiger charge is 2.16. The van der Waals surface area contributed by atoms with E-state index in [9.17, 15) is 8.42 Å². The minimum atomic E-state index is -3.32. The molecule has 3 rings (SSSR count). The van der Waals surface area contributed by atoms with E-state index in [1.165, 1.54) is 18.5 Å². The summed E-state index contributed by atoms with van der Waals surface area (Å²) in [6, 6.07) is 16.4. The van der Waals surface area contributed by atoms with Crippen LogP contribution in [0, 0.1) is 0 Å². The summed E-state index contributed by atoms with van der Waals surface area (Å²) < 4.78 is 31.8. The first-order valence-electron chi connectivity index (χ1n) is 11.2. The quantitative estimate of drug-likeness (QED) is 0.530. The minimum absolute atomic E-state index is 0.0417. The van der Waals surface area contributed by atoms with Crippen LogP contribution in [0.15, 0.2) is 48.5 Å². The molecule has 0 spiro atoms. The number of nitrogens with zero attached hydrogens (tertiary/aromatic N) is 2. The predicted octanol–water partition coefficient (Wildman–Crippen LogP) is 3.99. The van der Waals surface area contributed by atoms with Gasteiger partial charge in [-0.25, -0.2) is 8.42 Å². The number of methoxy groups -OCH3 is 1. The summed E-state index contributed by atoms with van der Waals surface area (Å²) in [4.78, 5) is 5.02. The molecule has 0 radical (unpaired) electrons. The number of ether oxygens (including phenoxy) is 1. The fourth-order valence-electron chi connectivity index (χ4n) is 3.94. The Balaban J connectivity index is 1.38. The van der Waals surface area contributed by atoms with Gasteiger partial charge in [-0.05, 0) is 62.6 Å². The van der Waals surface area contributed by atoms with Crippen LogP contribution in [0.25, 0.3) is 0 Å². The van der Waals surface area contributed by atoms with Crippen LogP contribution >= 0.6 is 0 Å². The Morgan fingerprint density at radius 1 is 0.968 bits per heavy atom. The first-order chi connectivity index (χ1) is 15.0. The van der Waals surface area contributed by atoms with Gasteiger partial charge in [-0.2, -0.15) is 0 Å². The lowest BCUT2D eigenvalue weighted by Gasteiger charge is -2.36. The zero-order valence-corrected chi connectivity index (χ0v) is 19.5. The van der Waals surface area contributed by atoms with Gasteiger partial charge in [-0.1, -0.05) is 30.7 Å². The lowest BCUT2D eigenvalue weighted by molar-refractivity contribution is 0.252. The Labute approximate surface area is 187 Å². The molecule has 1 saturated heterocycles. The standard InChI is InChI=1S/C24H35N3O3S/c1-3-31(28,29)25-23-20-21(13-14-24(23)30-2)10-6-5-9-15-26-16-18-27(19-17-26)22-11-7-4-8-12-22/h4,7-8,11-14,20,25H,3,5-6,9-10,15-19H2,1-2H3. The molecule has 0 atom stereocenters. The number of rotatable bonds is 11. The van der Waals surface area contributed by atoms with Gasteiger partial charge in [0.05, 0.1) is 18.6 Å². The van der Waals surface area contributed by atoms with E-state index in [2.05, 4.69) is 44.9 Å². The maximum atomic E-state index is 11.9.